The molecule has 0 N–H and O–H groups in total. The van der Waals surface area contributed by atoms with E-state index in [9.17, 15) is 0 Å². The maximum absolute atomic E-state index is 5.24. The van der Waals surface area contributed by atoms with Crippen molar-refractivity contribution in [3.63, 3.8) is 0 Å². The number of methoxy groups -OCH3 is 1. The van der Waals surface area contributed by atoms with Crippen LogP contribution in [0.25, 0.3) is 16.5 Å². The third kappa shape index (κ3) is 3.30. The first-order valence-electron chi connectivity index (χ1n) is 8.41. The zero-order chi connectivity index (χ0) is 17.9. The van der Waals surface area contributed by atoms with Crippen molar-refractivity contribution < 1.29 is 4.74 Å². The van der Waals surface area contributed by atoms with Crippen LogP contribution in [0.1, 0.15) is 11.4 Å². The number of hydrogen-bond donors (Lipinski definition) is 0. The van der Waals surface area contributed by atoms with E-state index in [4.69, 9.17) is 4.74 Å². The van der Waals surface area contributed by atoms with Gasteiger partial charge in [0.25, 0.3) is 0 Å². The third-order valence-electron chi connectivity index (χ3n) is 4.31. The molecule has 1 heterocycles. The molecule has 3 aromatic carbocycles. The summed E-state index contributed by atoms with van der Waals surface area (Å²) in [5.74, 6) is 2.56. The van der Waals surface area contributed by atoms with Crippen LogP contribution in [-0.2, 0) is 5.75 Å². The Bertz CT molecular complexity index is 1040. The van der Waals surface area contributed by atoms with Crippen LogP contribution in [0.15, 0.2) is 71.9 Å². The van der Waals surface area contributed by atoms with Crippen molar-refractivity contribution in [3.8, 4) is 11.4 Å². The van der Waals surface area contributed by atoms with Gasteiger partial charge in [-0.25, -0.2) is 0 Å². The first-order chi connectivity index (χ1) is 12.7. The summed E-state index contributed by atoms with van der Waals surface area (Å²) < 4.78 is 7.32. The Kier molecular flexibility index (Phi) is 4.63. The van der Waals surface area contributed by atoms with Crippen molar-refractivity contribution in [1.29, 1.82) is 0 Å². The lowest BCUT2D eigenvalue weighted by Crippen LogP contribution is -1.99. The Morgan fingerprint density at radius 3 is 2.46 bits per heavy atom. The van der Waals surface area contributed by atoms with Crippen LogP contribution in [0.5, 0.6) is 5.75 Å². The Morgan fingerprint density at radius 2 is 1.69 bits per heavy atom. The van der Waals surface area contributed by atoms with Crippen LogP contribution in [0.4, 0.5) is 0 Å². The van der Waals surface area contributed by atoms with E-state index in [1.807, 2.05) is 31.2 Å². The van der Waals surface area contributed by atoms with Gasteiger partial charge in [0.05, 0.1) is 7.11 Å². The fourth-order valence-corrected chi connectivity index (χ4v) is 3.88. The molecular weight excluding hydrogens is 342 g/mol. The molecule has 0 saturated heterocycles. The van der Waals surface area contributed by atoms with Crippen molar-refractivity contribution in [3.05, 3.63) is 78.1 Å². The average molecular weight is 361 g/mol. The lowest BCUT2D eigenvalue weighted by Gasteiger charge is -2.09. The molecule has 4 rings (SSSR count). The Balaban J connectivity index is 1.58. The average Bonchev–Trinajstić information content (AvgIpc) is 3.06. The Hall–Kier alpha value is -2.79. The molecule has 130 valence electrons. The number of rotatable bonds is 5. The fraction of sp³-hybridized carbons (Fsp3) is 0.143. The van der Waals surface area contributed by atoms with Crippen LogP contribution in [0.3, 0.4) is 0 Å². The summed E-state index contributed by atoms with van der Waals surface area (Å²) >= 11 is 1.69. The maximum atomic E-state index is 5.24. The van der Waals surface area contributed by atoms with Gasteiger partial charge in [-0.1, -0.05) is 54.2 Å². The molecule has 0 aliphatic rings. The number of aryl methyl sites for hydroxylation is 1. The van der Waals surface area contributed by atoms with E-state index in [-0.39, 0.29) is 0 Å². The smallest absolute Gasteiger partial charge is 0.196 e. The molecule has 1 aromatic heterocycles. The molecule has 4 aromatic rings. The summed E-state index contributed by atoms with van der Waals surface area (Å²) in [4.78, 5) is 0. The molecule has 5 heteroatoms. The molecule has 0 unspecified atom stereocenters. The molecule has 0 fully saturated rings. The minimum absolute atomic E-state index is 0.838. The van der Waals surface area contributed by atoms with Crippen LogP contribution in [0.2, 0.25) is 0 Å². The van der Waals surface area contributed by atoms with Gasteiger partial charge in [-0.05, 0) is 47.5 Å². The predicted octanol–water partition coefficient (Wildman–Crippen LogP) is 5.03. The SMILES string of the molecule is COc1ccc(-n2c(C)nnc2SCc2ccc3ccccc3c2)cc1. The zero-order valence-electron chi connectivity index (χ0n) is 14.7. The number of fused-ring (bicyclic) bond motifs is 1. The topological polar surface area (TPSA) is 39.9 Å². The predicted molar refractivity (Wildman–Crippen MR) is 106 cm³/mol. The van der Waals surface area contributed by atoms with Gasteiger partial charge in [-0.15, -0.1) is 10.2 Å². The number of benzene rings is 3. The van der Waals surface area contributed by atoms with E-state index in [1.165, 1.54) is 16.3 Å². The summed E-state index contributed by atoms with van der Waals surface area (Å²) in [5.41, 5.74) is 2.31. The van der Waals surface area contributed by atoms with Gasteiger partial charge in [0.15, 0.2) is 5.16 Å². The van der Waals surface area contributed by atoms with Crippen molar-refractivity contribution >= 4 is 22.5 Å². The monoisotopic (exact) mass is 361 g/mol. The summed E-state index contributed by atoms with van der Waals surface area (Å²) in [6.45, 7) is 1.97. The van der Waals surface area contributed by atoms with Crippen molar-refractivity contribution in [2.24, 2.45) is 0 Å². The highest BCUT2D eigenvalue weighted by Crippen LogP contribution is 2.27. The number of aromatic nitrogens is 3. The van der Waals surface area contributed by atoms with E-state index >= 15 is 0 Å². The summed E-state index contributed by atoms with van der Waals surface area (Å²) in [6, 6.07) is 23.0. The van der Waals surface area contributed by atoms with Crippen LogP contribution in [-0.4, -0.2) is 21.9 Å². The lowest BCUT2D eigenvalue weighted by molar-refractivity contribution is 0.414. The summed E-state index contributed by atoms with van der Waals surface area (Å²) in [5, 5.41) is 12.0. The van der Waals surface area contributed by atoms with Crippen LogP contribution < -0.4 is 4.74 Å². The lowest BCUT2D eigenvalue weighted by atomic mass is 10.1. The highest BCUT2D eigenvalue weighted by molar-refractivity contribution is 7.98. The number of hydrogen-bond acceptors (Lipinski definition) is 4. The molecule has 0 saturated carbocycles. The minimum atomic E-state index is 0.838. The number of nitrogens with zero attached hydrogens (tertiary/aromatic N) is 3. The highest BCUT2D eigenvalue weighted by Gasteiger charge is 2.12. The summed E-state index contributed by atoms with van der Waals surface area (Å²) in [6.07, 6.45) is 0. The molecule has 0 atom stereocenters. The van der Waals surface area contributed by atoms with E-state index < -0.39 is 0 Å². The molecule has 0 radical (unpaired) electrons. The molecule has 0 spiro atoms. The Labute approximate surface area is 156 Å². The third-order valence-corrected chi connectivity index (χ3v) is 5.31. The van der Waals surface area contributed by atoms with Crippen molar-refractivity contribution in [1.82, 2.24) is 14.8 Å². The second-order valence-corrected chi connectivity index (χ2v) is 6.98. The quantitative estimate of drug-likeness (QED) is 0.468. The van der Waals surface area contributed by atoms with E-state index in [0.29, 0.717) is 0 Å². The van der Waals surface area contributed by atoms with Gasteiger partial charge >= 0.3 is 0 Å². The minimum Gasteiger partial charge on any atom is -0.497 e. The fourth-order valence-electron chi connectivity index (χ4n) is 2.94. The van der Waals surface area contributed by atoms with Gasteiger partial charge in [-0.2, -0.15) is 0 Å². The van der Waals surface area contributed by atoms with E-state index in [2.05, 4.69) is 57.2 Å². The molecule has 0 aliphatic carbocycles. The van der Waals surface area contributed by atoms with Gasteiger partial charge in [0.1, 0.15) is 11.6 Å². The van der Waals surface area contributed by atoms with Gasteiger partial charge in [-0.3, -0.25) is 4.57 Å². The van der Waals surface area contributed by atoms with Gasteiger partial charge in [0, 0.05) is 11.4 Å². The zero-order valence-corrected chi connectivity index (χ0v) is 15.5. The van der Waals surface area contributed by atoms with Crippen molar-refractivity contribution in [2.75, 3.05) is 7.11 Å². The molecule has 26 heavy (non-hydrogen) atoms. The highest BCUT2D eigenvalue weighted by atomic mass is 32.2. The van der Waals surface area contributed by atoms with Gasteiger partial charge < -0.3 is 4.74 Å². The normalized spacial score (nSPS) is 11.0. The summed E-state index contributed by atoms with van der Waals surface area (Å²) in [7, 11) is 1.67. The Morgan fingerprint density at radius 1 is 0.923 bits per heavy atom. The first kappa shape index (κ1) is 16.7. The second-order valence-electron chi connectivity index (χ2n) is 6.03. The van der Waals surface area contributed by atoms with E-state index in [0.717, 1.165) is 28.2 Å². The maximum Gasteiger partial charge on any atom is 0.196 e. The second kappa shape index (κ2) is 7.22. The molecular formula is C21H19N3OS. The van der Waals surface area contributed by atoms with Gasteiger partial charge in [0.2, 0.25) is 0 Å². The molecule has 4 nitrogen and oxygen atoms in total. The standard InChI is InChI=1S/C21H19N3OS/c1-15-22-23-21(24(15)19-9-11-20(25-2)12-10-19)26-14-16-7-8-17-5-3-4-6-18(17)13-16/h3-13H,14H2,1-2H3. The number of thioether (sulfide) groups is 1. The largest absolute Gasteiger partial charge is 0.497 e. The van der Waals surface area contributed by atoms with Crippen LogP contribution in [0, 0.1) is 6.92 Å². The number of ether oxygens (including phenoxy) is 1. The molecule has 0 amide bonds. The first-order valence-corrected chi connectivity index (χ1v) is 9.40. The van der Waals surface area contributed by atoms with Crippen LogP contribution >= 0.6 is 11.8 Å². The van der Waals surface area contributed by atoms with Crippen molar-refractivity contribution in [2.45, 2.75) is 17.8 Å². The van der Waals surface area contributed by atoms with E-state index in [1.54, 1.807) is 18.9 Å². The molecule has 0 bridgehead atoms. The molecule has 0 aliphatic heterocycles.